The van der Waals surface area contributed by atoms with Crippen LogP contribution in [-0.2, 0) is 11.3 Å². The fourth-order valence-corrected chi connectivity index (χ4v) is 2.45. The lowest BCUT2D eigenvalue weighted by Gasteiger charge is -2.27. The number of para-hydroxylation sites is 1. The van der Waals surface area contributed by atoms with Gasteiger partial charge in [-0.3, -0.25) is 0 Å². The molecule has 1 aliphatic rings. The third-order valence-corrected chi connectivity index (χ3v) is 4.03. The monoisotopic (exact) mass is 333 g/mol. The van der Waals surface area contributed by atoms with Crippen molar-refractivity contribution in [2.75, 3.05) is 26.3 Å². The van der Waals surface area contributed by atoms with Crippen LogP contribution in [0.25, 0.3) is 0 Å². The van der Waals surface area contributed by atoms with Crippen LogP contribution in [0.3, 0.4) is 0 Å². The zero-order valence-corrected chi connectivity index (χ0v) is 15.0. The van der Waals surface area contributed by atoms with Gasteiger partial charge in [-0.25, -0.2) is 4.99 Å². The average molecular weight is 333 g/mol. The molecule has 1 aromatic carbocycles. The van der Waals surface area contributed by atoms with Crippen LogP contribution in [0.2, 0.25) is 0 Å². The smallest absolute Gasteiger partial charge is 0.191 e. The molecule has 5 nitrogen and oxygen atoms in total. The number of hydrogen-bond acceptors (Lipinski definition) is 3. The summed E-state index contributed by atoms with van der Waals surface area (Å²) in [7, 11) is 0. The van der Waals surface area contributed by atoms with Crippen molar-refractivity contribution in [1.29, 1.82) is 0 Å². The van der Waals surface area contributed by atoms with Crippen molar-refractivity contribution in [3.8, 4) is 5.75 Å². The minimum Gasteiger partial charge on any atom is -0.490 e. The van der Waals surface area contributed by atoms with Gasteiger partial charge in [-0.05, 0) is 45.6 Å². The molecule has 134 valence electrons. The van der Waals surface area contributed by atoms with E-state index < -0.39 is 0 Å². The van der Waals surface area contributed by atoms with Crippen molar-refractivity contribution >= 4 is 5.96 Å². The molecule has 5 heteroatoms. The quantitative estimate of drug-likeness (QED) is 0.392. The van der Waals surface area contributed by atoms with E-state index in [4.69, 9.17) is 9.47 Å². The van der Waals surface area contributed by atoms with Gasteiger partial charge >= 0.3 is 0 Å². The lowest BCUT2D eigenvalue weighted by atomic mass is 9.96. The number of nitrogens with one attached hydrogen (secondary N) is 2. The van der Waals surface area contributed by atoms with Crippen LogP contribution in [0.15, 0.2) is 29.3 Å². The van der Waals surface area contributed by atoms with E-state index in [1.54, 1.807) is 0 Å². The Hall–Kier alpha value is -1.75. The van der Waals surface area contributed by atoms with E-state index in [1.807, 2.05) is 25.1 Å². The summed E-state index contributed by atoms with van der Waals surface area (Å²) in [4.78, 5) is 4.69. The maximum atomic E-state index is 6.07. The number of benzene rings is 1. The Morgan fingerprint density at radius 2 is 2.04 bits per heavy atom. The van der Waals surface area contributed by atoms with Gasteiger partial charge in [0.25, 0.3) is 0 Å². The molecular formula is C19H31N3O2. The zero-order chi connectivity index (χ0) is 17.0. The maximum absolute atomic E-state index is 6.07. The Morgan fingerprint density at radius 3 is 2.75 bits per heavy atom. The second-order valence-corrected chi connectivity index (χ2v) is 5.95. The van der Waals surface area contributed by atoms with Crippen LogP contribution in [-0.4, -0.2) is 38.4 Å². The topological polar surface area (TPSA) is 54.9 Å². The molecule has 0 saturated heterocycles. The second-order valence-electron chi connectivity index (χ2n) is 5.95. The summed E-state index contributed by atoms with van der Waals surface area (Å²) in [5.74, 6) is 1.81. The van der Waals surface area contributed by atoms with Crippen LogP contribution < -0.4 is 15.4 Å². The lowest BCUT2D eigenvalue weighted by molar-refractivity contribution is 0.119. The van der Waals surface area contributed by atoms with Gasteiger partial charge in [-0.1, -0.05) is 18.2 Å². The highest BCUT2D eigenvalue weighted by Gasteiger charge is 2.20. The van der Waals surface area contributed by atoms with Crippen LogP contribution in [0.5, 0.6) is 5.75 Å². The summed E-state index contributed by atoms with van der Waals surface area (Å²) in [5, 5.41) is 6.63. The summed E-state index contributed by atoms with van der Waals surface area (Å²) in [6.07, 6.45) is 4.98. The molecule has 0 radical (unpaired) electrons. The molecule has 1 aromatic rings. The molecule has 2 rings (SSSR count). The predicted molar refractivity (Wildman–Crippen MR) is 98.6 cm³/mol. The number of rotatable bonds is 10. The zero-order valence-electron chi connectivity index (χ0n) is 15.0. The molecule has 1 saturated carbocycles. The Labute approximate surface area is 145 Å². The highest BCUT2D eigenvalue weighted by molar-refractivity contribution is 5.79. The van der Waals surface area contributed by atoms with Gasteiger partial charge in [0.2, 0.25) is 0 Å². The Bertz CT molecular complexity index is 501. The van der Waals surface area contributed by atoms with Crippen LogP contribution in [0.4, 0.5) is 0 Å². The first-order chi connectivity index (χ1) is 11.8. The van der Waals surface area contributed by atoms with E-state index in [2.05, 4.69) is 28.6 Å². The number of hydrogen-bond donors (Lipinski definition) is 2. The minimum atomic E-state index is 0.389. The SMILES string of the molecule is CCNC(=NCc1ccccc1OC1CCC1)NCCCOCC. The van der Waals surface area contributed by atoms with Crippen molar-refractivity contribution in [3.63, 3.8) is 0 Å². The summed E-state index contributed by atoms with van der Waals surface area (Å²) in [6, 6.07) is 8.21. The number of ether oxygens (including phenoxy) is 2. The molecule has 2 N–H and O–H groups in total. The van der Waals surface area contributed by atoms with Crippen molar-refractivity contribution < 1.29 is 9.47 Å². The van der Waals surface area contributed by atoms with E-state index in [9.17, 15) is 0 Å². The van der Waals surface area contributed by atoms with Gasteiger partial charge in [0.05, 0.1) is 12.6 Å². The Morgan fingerprint density at radius 1 is 1.21 bits per heavy atom. The van der Waals surface area contributed by atoms with E-state index >= 15 is 0 Å². The molecule has 0 atom stereocenters. The average Bonchev–Trinajstić information content (AvgIpc) is 2.56. The summed E-state index contributed by atoms with van der Waals surface area (Å²) in [6.45, 7) is 7.95. The summed E-state index contributed by atoms with van der Waals surface area (Å²) >= 11 is 0. The van der Waals surface area contributed by atoms with Gasteiger partial charge in [-0.15, -0.1) is 0 Å². The number of aliphatic imine (C=N–C) groups is 1. The van der Waals surface area contributed by atoms with E-state index in [1.165, 1.54) is 19.3 Å². The van der Waals surface area contributed by atoms with Crippen LogP contribution in [0.1, 0.15) is 45.1 Å². The van der Waals surface area contributed by atoms with Crippen LogP contribution in [0, 0.1) is 0 Å². The standard InChI is InChI=1S/C19H31N3O2/c1-3-20-19(21-13-8-14-23-4-2)22-15-16-9-5-6-12-18(16)24-17-10-7-11-17/h5-6,9,12,17H,3-4,7-8,10-11,13-15H2,1-2H3,(H2,20,21,22). The molecule has 0 aliphatic heterocycles. The third-order valence-electron chi connectivity index (χ3n) is 4.03. The van der Waals surface area contributed by atoms with Gasteiger partial charge < -0.3 is 20.1 Å². The maximum Gasteiger partial charge on any atom is 0.191 e. The Kier molecular flexibility index (Phi) is 8.46. The van der Waals surface area contributed by atoms with Gasteiger partial charge in [0, 0.05) is 31.9 Å². The second kappa shape index (κ2) is 10.9. The first-order valence-corrected chi connectivity index (χ1v) is 9.18. The van der Waals surface area contributed by atoms with Crippen molar-refractivity contribution in [2.24, 2.45) is 4.99 Å². The molecule has 0 unspecified atom stereocenters. The van der Waals surface area contributed by atoms with E-state index in [0.717, 1.165) is 50.0 Å². The van der Waals surface area contributed by atoms with Crippen LogP contribution >= 0.6 is 0 Å². The molecule has 0 spiro atoms. The fourth-order valence-electron chi connectivity index (χ4n) is 2.45. The number of guanidine groups is 1. The first-order valence-electron chi connectivity index (χ1n) is 9.18. The molecule has 1 fully saturated rings. The molecule has 0 aromatic heterocycles. The van der Waals surface area contributed by atoms with E-state index in [0.29, 0.717) is 12.6 Å². The van der Waals surface area contributed by atoms with Crippen molar-refractivity contribution in [2.45, 2.75) is 52.2 Å². The number of nitrogens with zero attached hydrogens (tertiary/aromatic N) is 1. The van der Waals surface area contributed by atoms with Crippen molar-refractivity contribution in [1.82, 2.24) is 10.6 Å². The third kappa shape index (κ3) is 6.40. The van der Waals surface area contributed by atoms with Crippen molar-refractivity contribution in [3.05, 3.63) is 29.8 Å². The highest BCUT2D eigenvalue weighted by atomic mass is 16.5. The minimum absolute atomic E-state index is 0.389. The van der Waals surface area contributed by atoms with Gasteiger partial charge in [0.15, 0.2) is 5.96 Å². The molecule has 0 bridgehead atoms. The van der Waals surface area contributed by atoms with Gasteiger partial charge in [0.1, 0.15) is 5.75 Å². The highest BCUT2D eigenvalue weighted by Crippen LogP contribution is 2.27. The lowest BCUT2D eigenvalue weighted by Crippen LogP contribution is -2.38. The Balaban J connectivity index is 1.87. The normalized spacial score (nSPS) is 15.0. The predicted octanol–water partition coefficient (Wildman–Crippen LogP) is 3.10. The van der Waals surface area contributed by atoms with E-state index in [-0.39, 0.29) is 0 Å². The molecule has 24 heavy (non-hydrogen) atoms. The fraction of sp³-hybridized carbons (Fsp3) is 0.632. The molecule has 1 aliphatic carbocycles. The summed E-state index contributed by atoms with van der Waals surface area (Å²) < 4.78 is 11.4. The first kappa shape index (κ1) is 18.6. The molecule has 0 amide bonds. The van der Waals surface area contributed by atoms with Gasteiger partial charge in [-0.2, -0.15) is 0 Å². The largest absolute Gasteiger partial charge is 0.490 e. The molecule has 0 heterocycles. The summed E-state index contributed by atoms with van der Waals surface area (Å²) in [5.41, 5.74) is 1.14. The molecular weight excluding hydrogens is 302 g/mol.